The van der Waals surface area contributed by atoms with Crippen LogP contribution in [-0.4, -0.2) is 27.8 Å². The number of esters is 1. The Morgan fingerprint density at radius 3 is 2.35 bits per heavy atom. The second-order valence-electron chi connectivity index (χ2n) is 7.50. The summed E-state index contributed by atoms with van der Waals surface area (Å²) in [5.74, 6) is -1.18. The van der Waals surface area contributed by atoms with E-state index in [1.165, 1.54) is 11.6 Å². The van der Waals surface area contributed by atoms with Crippen molar-refractivity contribution >= 4 is 28.3 Å². The molecule has 1 heterocycles. The van der Waals surface area contributed by atoms with Crippen molar-refractivity contribution in [2.24, 2.45) is 5.92 Å². The smallest absolute Gasteiger partial charge is 0.360 e. The molecule has 2 aromatic carbocycles. The third-order valence-electron chi connectivity index (χ3n) is 4.53. The molecule has 1 amide bonds. The largest absolute Gasteiger partial charge is 0.448 e. The Morgan fingerprint density at radius 2 is 1.74 bits per heavy atom. The van der Waals surface area contributed by atoms with Crippen LogP contribution in [0.25, 0.3) is 10.8 Å². The first kappa shape index (κ1) is 21.7. The van der Waals surface area contributed by atoms with Gasteiger partial charge in [0.2, 0.25) is 0 Å². The lowest BCUT2D eigenvalue weighted by atomic mass is 10.1. The quantitative estimate of drug-likeness (QED) is 0.615. The van der Waals surface area contributed by atoms with Crippen LogP contribution in [0, 0.1) is 17.2 Å². The number of carbonyl (C=O) groups is 2. The van der Waals surface area contributed by atoms with E-state index in [0.717, 1.165) is 0 Å². The Hall–Kier alpha value is -3.99. The van der Waals surface area contributed by atoms with E-state index in [2.05, 4.69) is 10.4 Å². The number of nitriles is 1. The number of nitrogens with zero attached hydrogens (tertiary/aromatic N) is 3. The van der Waals surface area contributed by atoms with Gasteiger partial charge >= 0.3 is 5.97 Å². The number of benzene rings is 2. The Morgan fingerprint density at radius 1 is 1.10 bits per heavy atom. The van der Waals surface area contributed by atoms with Crippen molar-refractivity contribution in [1.29, 1.82) is 5.26 Å². The van der Waals surface area contributed by atoms with Crippen LogP contribution in [0.5, 0.6) is 0 Å². The maximum atomic E-state index is 12.8. The second-order valence-corrected chi connectivity index (χ2v) is 7.50. The number of aromatic nitrogens is 2. The fourth-order valence-corrected chi connectivity index (χ4v) is 3.00. The highest BCUT2D eigenvalue weighted by atomic mass is 16.5. The number of rotatable bonds is 6. The topological polar surface area (TPSA) is 114 Å². The maximum absolute atomic E-state index is 12.8. The summed E-state index contributed by atoms with van der Waals surface area (Å²) < 4.78 is 6.60. The van der Waals surface area contributed by atoms with Crippen LogP contribution in [0.2, 0.25) is 0 Å². The highest BCUT2D eigenvalue weighted by Gasteiger charge is 2.23. The molecule has 31 heavy (non-hydrogen) atoms. The molecule has 8 nitrogen and oxygen atoms in total. The van der Waals surface area contributed by atoms with E-state index in [4.69, 9.17) is 10.00 Å². The lowest BCUT2D eigenvalue weighted by Gasteiger charge is -2.15. The molecule has 158 valence electrons. The van der Waals surface area contributed by atoms with E-state index in [1.54, 1.807) is 48.5 Å². The van der Waals surface area contributed by atoms with Gasteiger partial charge in [-0.05, 0) is 43.2 Å². The number of hydrogen-bond acceptors (Lipinski definition) is 6. The van der Waals surface area contributed by atoms with Gasteiger partial charge in [0, 0.05) is 17.6 Å². The summed E-state index contributed by atoms with van der Waals surface area (Å²) >= 11 is 0. The van der Waals surface area contributed by atoms with E-state index < -0.39 is 18.0 Å². The molecule has 0 fully saturated rings. The first-order valence-electron chi connectivity index (χ1n) is 9.82. The lowest BCUT2D eigenvalue weighted by molar-refractivity contribution is -0.123. The predicted molar refractivity (Wildman–Crippen MR) is 116 cm³/mol. The average Bonchev–Trinajstić information content (AvgIpc) is 2.75. The molecule has 0 saturated carbocycles. The van der Waals surface area contributed by atoms with Crippen LogP contribution in [0.1, 0.15) is 36.8 Å². The number of carbonyl (C=O) groups excluding carboxylic acids is 2. The van der Waals surface area contributed by atoms with Crippen LogP contribution in [0.3, 0.4) is 0 Å². The van der Waals surface area contributed by atoms with Crippen molar-refractivity contribution < 1.29 is 14.3 Å². The van der Waals surface area contributed by atoms with Gasteiger partial charge in [0.05, 0.1) is 17.0 Å². The van der Waals surface area contributed by atoms with Crippen molar-refractivity contribution in [1.82, 2.24) is 9.78 Å². The molecule has 0 bridgehead atoms. The van der Waals surface area contributed by atoms with Gasteiger partial charge in [-0.3, -0.25) is 9.59 Å². The van der Waals surface area contributed by atoms with Gasteiger partial charge in [0.1, 0.15) is 0 Å². The maximum Gasteiger partial charge on any atom is 0.360 e. The number of fused-ring (bicyclic) bond motifs is 1. The van der Waals surface area contributed by atoms with Gasteiger partial charge in [-0.1, -0.05) is 32.0 Å². The number of anilines is 1. The van der Waals surface area contributed by atoms with E-state index in [-0.39, 0.29) is 17.2 Å². The lowest BCUT2D eigenvalue weighted by Crippen LogP contribution is -2.32. The third-order valence-corrected chi connectivity index (χ3v) is 4.53. The molecule has 0 spiro atoms. The fraction of sp³-hybridized carbons (Fsp3) is 0.261. The van der Waals surface area contributed by atoms with Crippen LogP contribution in [0.15, 0.2) is 53.3 Å². The minimum atomic E-state index is -1.10. The van der Waals surface area contributed by atoms with Crippen LogP contribution in [-0.2, 0) is 16.1 Å². The average molecular weight is 418 g/mol. The number of amides is 1. The molecular weight excluding hydrogens is 396 g/mol. The summed E-state index contributed by atoms with van der Waals surface area (Å²) in [6.45, 7) is 5.68. The molecule has 0 aliphatic carbocycles. The molecule has 0 aliphatic rings. The Bertz CT molecular complexity index is 1220. The third kappa shape index (κ3) is 4.95. The molecule has 0 unspecified atom stereocenters. The highest BCUT2D eigenvalue weighted by Crippen LogP contribution is 2.16. The predicted octanol–water partition coefficient (Wildman–Crippen LogP) is 3.11. The number of hydrogen-bond donors (Lipinski definition) is 1. The molecule has 1 atom stereocenters. The van der Waals surface area contributed by atoms with Crippen molar-refractivity contribution in [2.45, 2.75) is 33.4 Å². The Labute approximate surface area is 179 Å². The zero-order valence-corrected chi connectivity index (χ0v) is 17.5. The van der Waals surface area contributed by atoms with Gasteiger partial charge < -0.3 is 10.1 Å². The minimum absolute atomic E-state index is 0.0196. The number of nitrogens with one attached hydrogen (secondary N) is 1. The van der Waals surface area contributed by atoms with E-state index >= 15 is 0 Å². The van der Waals surface area contributed by atoms with Gasteiger partial charge in [-0.2, -0.15) is 10.4 Å². The Balaban J connectivity index is 1.83. The number of ether oxygens (including phenoxy) is 1. The van der Waals surface area contributed by atoms with Crippen LogP contribution in [0.4, 0.5) is 5.69 Å². The normalized spacial score (nSPS) is 11.7. The van der Waals surface area contributed by atoms with Crippen molar-refractivity contribution in [3.63, 3.8) is 0 Å². The summed E-state index contributed by atoms with van der Waals surface area (Å²) in [7, 11) is 0. The summed E-state index contributed by atoms with van der Waals surface area (Å²) in [6, 6.07) is 15.0. The summed E-state index contributed by atoms with van der Waals surface area (Å²) in [6.07, 6.45) is -1.10. The molecule has 1 N–H and O–H groups in total. The molecule has 0 aliphatic heterocycles. The second kappa shape index (κ2) is 9.22. The van der Waals surface area contributed by atoms with E-state index in [9.17, 15) is 14.4 Å². The first-order chi connectivity index (χ1) is 14.8. The van der Waals surface area contributed by atoms with E-state index in [1.807, 2.05) is 19.9 Å². The van der Waals surface area contributed by atoms with Gasteiger partial charge in [-0.25, -0.2) is 9.48 Å². The SMILES string of the molecule is CC(C)Cn1nc(C(=O)O[C@@H](C)C(=O)Nc2ccc(C#N)cc2)c2ccccc2c1=O. The summed E-state index contributed by atoms with van der Waals surface area (Å²) in [5.41, 5.74) is 0.634. The highest BCUT2D eigenvalue weighted by molar-refractivity contribution is 6.03. The van der Waals surface area contributed by atoms with Crippen molar-refractivity contribution in [3.05, 3.63) is 70.1 Å². The van der Waals surface area contributed by atoms with Crippen molar-refractivity contribution in [3.8, 4) is 6.07 Å². The fourth-order valence-electron chi connectivity index (χ4n) is 3.00. The monoisotopic (exact) mass is 418 g/mol. The Kier molecular flexibility index (Phi) is 6.46. The molecular formula is C23H22N4O4. The van der Waals surface area contributed by atoms with Crippen molar-refractivity contribution in [2.75, 3.05) is 5.32 Å². The van der Waals surface area contributed by atoms with E-state index in [0.29, 0.717) is 28.6 Å². The summed E-state index contributed by atoms with van der Waals surface area (Å²) in [5, 5.41) is 16.4. The van der Waals surface area contributed by atoms with Gasteiger partial charge in [-0.15, -0.1) is 0 Å². The standard InChI is InChI=1S/C23H22N4O4/c1-14(2)13-27-22(29)19-7-5-4-6-18(19)20(26-27)23(30)31-15(3)21(28)25-17-10-8-16(12-24)9-11-17/h4-11,14-15H,13H2,1-3H3,(H,25,28)/t15-/m0/s1. The molecule has 1 aromatic heterocycles. The molecule has 0 radical (unpaired) electrons. The zero-order chi connectivity index (χ0) is 22.5. The van der Waals surface area contributed by atoms with Crippen LogP contribution < -0.4 is 10.9 Å². The minimum Gasteiger partial charge on any atom is -0.448 e. The van der Waals surface area contributed by atoms with Gasteiger partial charge in [0.15, 0.2) is 11.8 Å². The molecule has 3 rings (SSSR count). The van der Waals surface area contributed by atoms with Crippen LogP contribution >= 0.6 is 0 Å². The first-order valence-corrected chi connectivity index (χ1v) is 9.82. The molecule has 3 aromatic rings. The van der Waals surface area contributed by atoms with Gasteiger partial charge in [0.25, 0.3) is 11.5 Å². The summed E-state index contributed by atoms with van der Waals surface area (Å²) in [4.78, 5) is 38.0. The molecule has 8 heteroatoms. The zero-order valence-electron chi connectivity index (χ0n) is 17.5. The molecule has 0 saturated heterocycles.